The van der Waals surface area contributed by atoms with Crippen molar-refractivity contribution in [1.82, 2.24) is 5.32 Å². The molecule has 100 valence electrons. The van der Waals surface area contributed by atoms with Crippen molar-refractivity contribution in [3.8, 4) is 0 Å². The number of amides is 1. The zero-order valence-electron chi connectivity index (χ0n) is 10.3. The van der Waals surface area contributed by atoms with E-state index in [-0.39, 0.29) is 12.5 Å². The first-order chi connectivity index (χ1) is 9.20. The summed E-state index contributed by atoms with van der Waals surface area (Å²) in [5, 5.41) is 14.7. The van der Waals surface area contributed by atoms with Crippen molar-refractivity contribution in [3.63, 3.8) is 0 Å². The zero-order valence-corrected chi connectivity index (χ0v) is 11.2. The van der Waals surface area contributed by atoms with E-state index in [4.69, 9.17) is 5.11 Å². The molecule has 1 amide bonds. The molecule has 0 radical (unpaired) electrons. The number of hydrogen-bond donors (Lipinski definition) is 2. The van der Waals surface area contributed by atoms with Gasteiger partial charge in [-0.1, -0.05) is 18.2 Å². The minimum Gasteiger partial charge on any atom is -0.481 e. The largest absolute Gasteiger partial charge is 0.481 e. The van der Waals surface area contributed by atoms with E-state index in [0.717, 1.165) is 5.56 Å². The van der Waals surface area contributed by atoms with Crippen LogP contribution in [-0.4, -0.2) is 23.5 Å². The normalized spacial score (nSPS) is 12.2. The second-order valence-electron chi connectivity index (χ2n) is 4.38. The number of carboxylic acids is 1. The van der Waals surface area contributed by atoms with Crippen LogP contribution in [0.1, 0.15) is 18.4 Å². The second kappa shape index (κ2) is 6.33. The van der Waals surface area contributed by atoms with Crippen LogP contribution in [0.4, 0.5) is 0 Å². The number of carbonyl (C=O) groups is 2. The van der Waals surface area contributed by atoms with Crippen LogP contribution in [0, 0.1) is 0 Å². The van der Waals surface area contributed by atoms with Gasteiger partial charge in [0.25, 0.3) is 0 Å². The minimum absolute atomic E-state index is 0.0631. The van der Waals surface area contributed by atoms with Gasteiger partial charge < -0.3 is 10.4 Å². The predicted octanol–water partition coefficient (Wildman–Crippen LogP) is 2.42. The van der Waals surface area contributed by atoms with Crippen LogP contribution in [0.2, 0.25) is 0 Å². The Morgan fingerprint density at radius 1 is 1.42 bits per heavy atom. The molecule has 2 N–H and O–H groups in total. The van der Waals surface area contributed by atoms with Crippen LogP contribution in [0.25, 0.3) is 10.1 Å². The highest BCUT2D eigenvalue weighted by Gasteiger charge is 2.13. The summed E-state index contributed by atoms with van der Waals surface area (Å²) in [7, 11) is 0. The van der Waals surface area contributed by atoms with E-state index in [0.29, 0.717) is 19.3 Å². The van der Waals surface area contributed by atoms with Crippen LogP contribution >= 0.6 is 11.3 Å². The quantitative estimate of drug-likeness (QED) is 0.764. The molecule has 0 spiro atoms. The smallest absolute Gasteiger partial charge is 0.303 e. The first-order valence-electron chi connectivity index (χ1n) is 6.07. The summed E-state index contributed by atoms with van der Waals surface area (Å²) in [4.78, 5) is 21.2. The van der Waals surface area contributed by atoms with Crippen molar-refractivity contribution in [2.24, 2.45) is 0 Å². The maximum atomic E-state index is 10.6. The number of nitrogens with one attached hydrogen (secondary N) is 1. The third kappa shape index (κ3) is 3.54. The predicted molar refractivity (Wildman–Crippen MR) is 75.4 cm³/mol. The molecule has 0 bridgehead atoms. The van der Waals surface area contributed by atoms with Gasteiger partial charge in [0.1, 0.15) is 0 Å². The molecular weight excluding hydrogens is 262 g/mol. The average molecular weight is 277 g/mol. The fraction of sp³-hybridized carbons (Fsp3) is 0.286. The fourth-order valence-electron chi connectivity index (χ4n) is 2.09. The zero-order chi connectivity index (χ0) is 13.7. The van der Waals surface area contributed by atoms with Gasteiger partial charge in [0.15, 0.2) is 0 Å². The van der Waals surface area contributed by atoms with Gasteiger partial charge in [0.05, 0.1) is 0 Å². The molecule has 1 aromatic carbocycles. The Kier molecular flexibility index (Phi) is 4.52. The number of thiophene rings is 1. The van der Waals surface area contributed by atoms with Gasteiger partial charge in [-0.05, 0) is 35.2 Å². The fourth-order valence-corrected chi connectivity index (χ4v) is 3.07. The summed E-state index contributed by atoms with van der Waals surface area (Å²) in [5.41, 5.74) is 1.16. The van der Waals surface area contributed by atoms with Crippen molar-refractivity contribution < 1.29 is 14.7 Å². The molecule has 0 saturated carbocycles. The molecule has 1 aromatic heterocycles. The lowest BCUT2D eigenvalue weighted by molar-refractivity contribution is -0.137. The highest BCUT2D eigenvalue weighted by molar-refractivity contribution is 7.17. The number of carbonyl (C=O) groups excluding carboxylic acids is 1. The van der Waals surface area contributed by atoms with E-state index in [9.17, 15) is 9.59 Å². The number of aliphatic carboxylic acids is 1. The van der Waals surface area contributed by atoms with Gasteiger partial charge in [0.2, 0.25) is 6.41 Å². The molecule has 5 heteroatoms. The summed E-state index contributed by atoms with van der Waals surface area (Å²) >= 11 is 1.67. The van der Waals surface area contributed by atoms with Crippen LogP contribution in [-0.2, 0) is 16.0 Å². The number of benzene rings is 1. The molecule has 0 saturated heterocycles. The Labute approximate surface area is 115 Å². The number of carboxylic acid groups (broad SMARTS) is 1. The molecule has 1 heterocycles. The third-order valence-electron chi connectivity index (χ3n) is 3.04. The summed E-state index contributed by atoms with van der Waals surface area (Å²) in [5.74, 6) is -0.840. The van der Waals surface area contributed by atoms with Gasteiger partial charge in [0, 0.05) is 17.2 Å². The first-order valence-corrected chi connectivity index (χ1v) is 6.95. The molecule has 2 aromatic rings. The third-order valence-corrected chi connectivity index (χ3v) is 4.05. The highest BCUT2D eigenvalue weighted by atomic mass is 32.1. The summed E-state index contributed by atoms with van der Waals surface area (Å²) < 4.78 is 1.21. The van der Waals surface area contributed by atoms with Gasteiger partial charge in [-0.15, -0.1) is 11.3 Å². The lowest BCUT2D eigenvalue weighted by atomic mass is 10.0. The molecular formula is C14H15NO3S. The molecule has 1 atom stereocenters. The van der Waals surface area contributed by atoms with Crippen molar-refractivity contribution >= 4 is 33.8 Å². The first kappa shape index (κ1) is 13.5. The minimum atomic E-state index is -0.840. The highest BCUT2D eigenvalue weighted by Crippen LogP contribution is 2.27. The van der Waals surface area contributed by atoms with Crippen molar-refractivity contribution in [2.45, 2.75) is 25.3 Å². The van der Waals surface area contributed by atoms with Crippen LogP contribution in [0.5, 0.6) is 0 Å². The standard InChI is InChI=1S/C14H15NO3S/c16-9-15-11(5-6-14(17)18)7-10-8-19-13-4-2-1-3-12(10)13/h1-4,8-9,11H,5-7H2,(H,15,16)(H,17,18). The molecule has 0 aliphatic rings. The van der Waals surface area contributed by atoms with E-state index in [1.54, 1.807) is 11.3 Å². The maximum absolute atomic E-state index is 10.6. The second-order valence-corrected chi connectivity index (χ2v) is 5.29. The monoisotopic (exact) mass is 277 g/mol. The lowest BCUT2D eigenvalue weighted by Gasteiger charge is -2.14. The summed E-state index contributed by atoms with van der Waals surface area (Å²) in [6.07, 6.45) is 1.81. The lowest BCUT2D eigenvalue weighted by Crippen LogP contribution is -2.30. The topological polar surface area (TPSA) is 66.4 Å². The molecule has 19 heavy (non-hydrogen) atoms. The Morgan fingerprint density at radius 3 is 2.95 bits per heavy atom. The van der Waals surface area contributed by atoms with Crippen molar-refractivity contribution in [2.75, 3.05) is 0 Å². The Balaban J connectivity index is 2.11. The molecule has 0 aliphatic carbocycles. The maximum Gasteiger partial charge on any atom is 0.303 e. The Bertz CT molecular complexity index is 579. The Hall–Kier alpha value is -1.88. The van der Waals surface area contributed by atoms with Crippen LogP contribution < -0.4 is 5.32 Å². The van der Waals surface area contributed by atoms with Gasteiger partial charge in [-0.3, -0.25) is 9.59 Å². The molecule has 1 unspecified atom stereocenters. The van der Waals surface area contributed by atoms with Gasteiger partial charge in [-0.2, -0.15) is 0 Å². The molecule has 0 aliphatic heterocycles. The van der Waals surface area contributed by atoms with Gasteiger partial charge in [-0.25, -0.2) is 0 Å². The van der Waals surface area contributed by atoms with E-state index >= 15 is 0 Å². The molecule has 0 fully saturated rings. The number of rotatable bonds is 7. The number of hydrogen-bond acceptors (Lipinski definition) is 3. The summed E-state index contributed by atoms with van der Waals surface area (Å²) in [6, 6.07) is 7.96. The molecule has 4 nitrogen and oxygen atoms in total. The molecule has 2 rings (SSSR count). The average Bonchev–Trinajstić information content (AvgIpc) is 2.80. The van der Waals surface area contributed by atoms with Crippen LogP contribution in [0.15, 0.2) is 29.6 Å². The summed E-state index contributed by atoms with van der Waals surface area (Å²) in [6.45, 7) is 0. The number of fused-ring (bicyclic) bond motifs is 1. The van der Waals surface area contributed by atoms with E-state index < -0.39 is 5.97 Å². The van der Waals surface area contributed by atoms with E-state index in [2.05, 4.69) is 22.8 Å². The Morgan fingerprint density at radius 2 is 2.21 bits per heavy atom. The van der Waals surface area contributed by atoms with E-state index in [1.807, 2.05) is 12.1 Å². The van der Waals surface area contributed by atoms with Gasteiger partial charge >= 0.3 is 5.97 Å². The SMILES string of the molecule is O=CNC(CCC(=O)O)Cc1csc2ccccc12. The van der Waals surface area contributed by atoms with Crippen LogP contribution in [0.3, 0.4) is 0 Å². The van der Waals surface area contributed by atoms with Crippen molar-refractivity contribution in [3.05, 3.63) is 35.2 Å². The van der Waals surface area contributed by atoms with Crippen molar-refractivity contribution in [1.29, 1.82) is 0 Å². The van der Waals surface area contributed by atoms with E-state index in [1.165, 1.54) is 10.1 Å².